The number of hydrogen-bond acceptors (Lipinski definition) is 1. The molecule has 0 saturated heterocycles. The molecule has 0 aliphatic heterocycles. The third-order valence-corrected chi connectivity index (χ3v) is 3.93. The standard InChI is InChI=1S/C13H19BrClN/c1-4-10(2)9-16(3)12-6-5-11(8-15)13(14)7-12/h5-7,10H,4,8-9H2,1-3H3. The predicted octanol–water partition coefficient (Wildman–Crippen LogP) is 4.67. The van der Waals surface area contributed by atoms with E-state index in [0.29, 0.717) is 5.88 Å². The first kappa shape index (κ1) is 13.9. The lowest BCUT2D eigenvalue weighted by Gasteiger charge is -2.23. The van der Waals surface area contributed by atoms with E-state index in [1.165, 1.54) is 12.1 Å². The number of benzene rings is 1. The quantitative estimate of drug-likeness (QED) is 0.715. The van der Waals surface area contributed by atoms with E-state index in [1.54, 1.807) is 0 Å². The Kier molecular flexibility index (Phi) is 5.63. The van der Waals surface area contributed by atoms with Crippen LogP contribution in [0.3, 0.4) is 0 Å². The molecule has 0 aliphatic carbocycles. The Balaban J connectivity index is 2.76. The molecule has 1 atom stereocenters. The number of halogens is 2. The second-order valence-corrected chi connectivity index (χ2v) is 5.42. The highest BCUT2D eigenvalue weighted by Crippen LogP contribution is 2.25. The summed E-state index contributed by atoms with van der Waals surface area (Å²) in [6, 6.07) is 6.35. The van der Waals surface area contributed by atoms with Gasteiger partial charge in [-0.15, -0.1) is 11.6 Å². The van der Waals surface area contributed by atoms with Crippen molar-refractivity contribution in [2.45, 2.75) is 26.1 Å². The fourth-order valence-corrected chi connectivity index (χ4v) is 2.49. The normalized spacial score (nSPS) is 12.6. The van der Waals surface area contributed by atoms with Crippen molar-refractivity contribution in [2.75, 3.05) is 18.5 Å². The predicted molar refractivity (Wildman–Crippen MR) is 76.4 cm³/mol. The van der Waals surface area contributed by atoms with Crippen LogP contribution < -0.4 is 4.90 Å². The zero-order chi connectivity index (χ0) is 12.1. The van der Waals surface area contributed by atoms with Crippen molar-refractivity contribution in [3.8, 4) is 0 Å². The molecule has 0 aromatic heterocycles. The summed E-state index contributed by atoms with van der Waals surface area (Å²) in [5.41, 5.74) is 2.38. The second-order valence-electron chi connectivity index (χ2n) is 4.30. The van der Waals surface area contributed by atoms with Crippen LogP contribution in [0.5, 0.6) is 0 Å². The first-order valence-corrected chi connectivity index (χ1v) is 6.96. The minimum absolute atomic E-state index is 0.552. The molecule has 0 radical (unpaired) electrons. The van der Waals surface area contributed by atoms with E-state index in [0.717, 1.165) is 22.5 Å². The molecule has 1 aromatic rings. The van der Waals surface area contributed by atoms with E-state index in [9.17, 15) is 0 Å². The maximum Gasteiger partial charge on any atom is 0.0485 e. The average molecular weight is 305 g/mol. The fourth-order valence-electron chi connectivity index (χ4n) is 1.58. The summed E-state index contributed by atoms with van der Waals surface area (Å²) in [7, 11) is 2.13. The number of alkyl halides is 1. The fraction of sp³-hybridized carbons (Fsp3) is 0.538. The Morgan fingerprint density at radius 2 is 2.12 bits per heavy atom. The Morgan fingerprint density at radius 3 is 2.62 bits per heavy atom. The van der Waals surface area contributed by atoms with Crippen LogP contribution in [0.1, 0.15) is 25.8 Å². The summed E-state index contributed by atoms with van der Waals surface area (Å²) in [5, 5.41) is 0. The molecule has 0 heterocycles. The lowest BCUT2D eigenvalue weighted by molar-refractivity contribution is 0.560. The molecule has 90 valence electrons. The molecular weight excluding hydrogens is 286 g/mol. The zero-order valence-electron chi connectivity index (χ0n) is 10.1. The second kappa shape index (κ2) is 6.51. The number of nitrogens with zero attached hydrogens (tertiary/aromatic N) is 1. The van der Waals surface area contributed by atoms with Crippen LogP contribution in [0.4, 0.5) is 5.69 Å². The average Bonchev–Trinajstić information content (AvgIpc) is 2.28. The van der Waals surface area contributed by atoms with Crippen molar-refractivity contribution < 1.29 is 0 Å². The summed E-state index contributed by atoms with van der Waals surface area (Å²) in [5.74, 6) is 1.27. The Labute approximate surface area is 112 Å². The van der Waals surface area contributed by atoms with Gasteiger partial charge >= 0.3 is 0 Å². The van der Waals surface area contributed by atoms with Crippen molar-refractivity contribution in [3.05, 3.63) is 28.2 Å². The SMILES string of the molecule is CCC(C)CN(C)c1ccc(CCl)c(Br)c1. The van der Waals surface area contributed by atoms with E-state index >= 15 is 0 Å². The molecule has 0 saturated carbocycles. The van der Waals surface area contributed by atoms with Gasteiger partial charge in [0.05, 0.1) is 0 Å². The molecule has 0 amide bonds. The van der Waals surface area contributed by atoms with Gasteiger partial charge in [-0.05, 0) is 23.6 Å². The van der Waals surface area contributed by atoms with Gasteiger partial charge in [-0.1, -0.05) is 42.3 Å². The van der Waals surface area contributed by atoms with Crippen molar-refractivity contribution in [1.29, 1.82) is 0 Å². The molecule has 0 fully saturated rings. The Morgan fingerprint density at radius 1 is 1.44 bits per heavy atom. The molecule has 1 nitrogen and oxygen atoms in total. The summed E-state index contributed by atoms with van der Waals surface area (Å²) in [6.07, 6.45) is 1.21. The Hall–Kier alpha value is -0.210. The monoisotopic (exact) mass is 303 g/mol. The summed E-state index contributed by atoms with van der Waals surface area (Å²) in [4.78, 5) is 2.29. The highest BCUT2D eigenvalue weighted by molar-refractivity contribution is 9.10. The molecule has 1 aromatic carbocycles. The van der Waals surface area contributed by atoms with Crippen LogP contribution in [-0.4, -0.2) is 13.6 Å². The smallest absolute Gasteiger partial charge is 0.0485 e. The molecule has 3 heteroatoms. The highest BCUT2D eigenvalue weighted by atomic mass is 79.9. The largest absolute Gasteiger partial charge is 0.374 e. The van der Waals surface area contributed by atoms with Gasteiger partial charge in [-0.3, -0.25) is 0 Å². The van der Waals surface area contributed by atoms with Gasteiger partial charge in [0.15, 0.2) is 0 Å². The summed E-state index contributed by atoms with van der Waals surface area (Å²) in [6.45, 7) is 5.59. The minimum atomic E-state index is 0.552. The van der Waals surface area contributed by atoms with Crippen LogP contribution in [0.15, 0.2) is 22.7 Å². The molecule has 1 unspecified atom stereocenters. The topological polar surface area (TPSA) is 3.24 Å². The number of anilines is 1. The third-order valence-electron chi connectivity index (χ3n) is 2.90. The van der Waals surface area contributed by atoms with E-state index < -0.39 is 0 Å². The number of hydrogen-bond donors (Lipinski definition) is 0. The van der Waals surface area contributed by atoms with Crippen molar-refractivity contribution in [2.24, 2.45) is 5.92 Å². The van der Waals surface area contributed by atoms with Crippen LogP contribution in [0.25, 0.3) is 0 Å². The van der Waals surface area contributed by atoms with Gasteiger partial charge in [0.1, 0.15) is 0 Å². The van der Waals surface area contributed by atoms with Gasteiger partial charge in [0, 0.05) is 29.6 Å². The molecule has 16 heavy (non-hydrogen) atoms. The lowest BCUT2D eigenvalue weighted by atomic mass is 10.1. The maximum absolute atomic E-state index is 5.83. The third kappa shape index (κ3) is 3.67. The van der Waals surface area contributed by atoms with Crippen LogP contribution in [-0.2, 0) is 5.88 Å². The summed E-state index contributed by atoms with van der Waals surface area (Å²) < 4.78 is 1.09. The molecule has 0 spiro atoms. The van der Waals surface area contributed by atoms with E-state index in [4.69, 9.17) is 11.6 Å². The highest BCUT2D eigenvalue weighted by Gasteiger charge is 2.07. The Bertz CT molecular complexity index is 341. The number of rotatable bonds is 5. The minimum Gasteiger partial charge on any atom is -0.374 e. The lowest BCUT2D eigenvalue weighted by Crippen LogP contribution is -2.23. The molecule has 0 bridgehead atoms. The first-order chi connectivity index (χ1) is 7.58. The van der Waals surface area contributed by atoms with E-state index in [1.807, 2.05) is 0 Å². The first-order valence-electron chi connectivity index (χ1n) is 5.64. The molecule has 0 aliphatic rings. The van der Waals surface area contributed by atoms with E-state index in [-0.39, 0.29) is 0 Å². The molecule has 0 N–H and O–H groups in total. The van der Waals surface area contributed by atoms with Crippen LogP contribution >= 0.6 is 27.5 Å². The van der Waals surface area contributed by atoms with Crippen molar-refractivity contribution in [1.82, 2.24) is 0 Å². The van der Waals surface area contributed by atoms with Gasteiger partial charge in [0.2, 0.25) is 0 Å². The van der Waals surface area contributed by atoms with Gasteiger partial charge in [-0.25, -0.2) is 0 Å². The van der Waals surface area contributed by atoms with Gasteiger partial charge in [-0.2, -0.15) is 0 Å². The van der Waals surface area contributed by atoms with Gasteiger partial charge in [0.25, 0.3) is 0 Å². The summed E-state index contributed by atoms with van der Waals surface area (Å²) >= 11 is 9.38. The van der Waals surface area contributed by atoms with Crippen LogP contribution in [0.2, 0.25) is 0 Å². The van der Waals surface area contributed by atoms with Crippen molar-refractivity contribution >= 4 is 33.2 Å². The van der Waals surface area contributed by atoms with Gasteiger partial charge < -0.3 is 4.90 Å². The zero-order valence-corrected chi connectivity index (χ0v) is 12.5. The molecule has 1 rings (SSSR count). The van der Waals surface area contributed by atoms with Crippen molar-refractivity contribution in [3.63, 3.8) is 0 Å². The maximum atomic E-state index is 5.83. The van der Waals surface area contributed by atoms with Crippen LogP contribution in [0, 0.1) is 5.92 Å². The van der Waals surface area contributed by atoms with E-state index in [2.05, 4.69) is 59.9 Å². The molecular formula is C13H19BrClN.